The first-order valence-corrected chi connectivity index (χ1v) is 6.87. The van der Waals surface area contributed by atoms with Crippen molar-refractivity contribution in [2.75, 3.05) is 0 Å². The summed E-state index contributed by atoms with van der Waals surface area (Å²) in [6.45, 7) is 1.97. The van der Waals surface area contributed by atoms with Gasteiger partial charge in [0.2, 0.25) is 0 Å². The Bertz CT molecular complexity index is 398. The number of aryl methyl sites for hydroxylation is 2. The van der Waals surface area contributed by atoms with E-state index in [4.69, 9.17) is 0 Å². The molecular weight excluding hydrogens is 212 g/mol. The van der Waals surface area contributed by atoms with E-state index in [1.165, 1.54) is 38.5 Å². The Kier molecular flexibility index (Phi) is 2.90. The van der Waals surface area contributed by atoms with Crippen LogP contribution in [0.1, 0.15) is 56.2 Å². The Balaban J connectivity index is 1.75. The molecule has 4 heteroatoms. The molecule has 0 aromatic carbocycles. The molecule has 1 N–H and O–H groups in total. The summed E-state index contributed by atoms with van der Waals surface area (Å²) in [7, 11) is 2.00. The largest absolute Gasteiger partial charge is 0.304 e. The fourth-order valence-electron chi connectivity index (χ4n) is 3.53. The molecule has 0 amide bonds. The van der Waals surface area contributed by atoms with Gasteiger partial charge in [-0.1, -0.05) is 12.8 Å². The van der Waals surface area contributed by atoms with Crippen molar-refractivity contribution in [3.63, 3.8) is 0 Å². The molecule has 1 aromatic rings. The van der Waals surface area contributed by atoms with Gasteiger partial charge in [0.25, 0.3) is 0 Å². The lowest BCUT2D eigenvalue weighted by Gasteiger charge is -2.40. The van der Waals surface area contributed by atoms with Gasteiger partial charge in [0.05, 0.1) is 6.04 Å². The van der Waals surface area contributed by atoms with E-state index in [9.17, 15) is 0 Å². The predicted octanol–water partition coefficient (Wildman–Crippen LogP) is 2.11. The average Bonchev–Trinajstić information content (AvgIpc) is 2.68. The van der Waals surface area contributed by atoms with Crippen LogP contribution in [0.25, 0.3) is 0 Å². The van der Waals surface area contributed by atoms with Crippen LogP contribution in [-0.4, -0.2) is 20.8 Å². The highest BCUT2D eigenvalue weighted by Gasteiger charge is 2.33. The number of nitrogens with zero attached hydrogens (tertiary/aromatic N) is 3. The molecule has 1 aliphatic heterocycles. The lowest BCUT2D eigenvalue weighted by Crippen LogP contribution is -2.45. The summed E-state index contributed by atoms with van der Waals surface area (Å²) in [5.74, 6) is 2.91. The van der Waals surface area contributed by atoms with Gasteiger partial charge in [-0.2, -0.15) is 5.10 Å². The molecule has 3 atom stereocenters. The zero-order valence-corrected chi connectivity index (χ0v) is 10.8. The van der Waals surface area contributed by atoms with Crippen molar-refractivity contribution in [3.05, 3.63) is 11.6 Å². The van der Waals surface area contributed by atoms with Crippen molar-refractivity contribution in [2.45, 2.75) is 57.5 Å². The SMILES string of the molecule is Cc1nc(C2CCC3CCCCC3N2)n(C)n1. The molecule has 0 spiro atoms. The maximum Gasteiger partial charge on any atom is 0.147 e. The van der Waals surface area contributed by atoms with Crippen molar-refractivity contribution >= 4 is 0 Å². The van der Waals surface area contributed by atoms with E-state index in [1.54, 1.807) is 0 Å². The number of rotatable bonds is 1. The van der Waals surface area contributed by atoms with Crippen LogP contribution >= 0.6 is 0 Å². The van der Waals surface area contributed by atoms with Crippen LogP contribution in [0.15, 0.2) is 0 Å². The van der Waals surface area contributed by atoms with E-state index >= 15 is 0 Å². The van der Waals surface area contributed by atoms with Crippen molar-refractivity contribution in [1.29, 1.82) is 0 Å². The van der Waals surface area contributed by atoms with Gasteiger partial charge in [-0.05, 0) is 38.5 Å². The average molecular weight is 234 g/mol. The molecule has 2 heterocycles. The van der Waals surface area contributed by atoms with E-state index in [-0.39, 0.29) is 0 Å². The molecule has 0 bridgehead atoms. The van der Waals surface area contributed by atoms with Crippen molar-refractivity contribution in [3.8, 4) is 0 Å². The third-order valence-corrected chi connectivity index (χ3v) is 4.36. The first-order valence-electron chi connectivity index (χ1n) is 6.87. The monoisotopic (exact) mass is 234 g/mol. The van der Waals surface area contributed by atoms with Crippen LogP contribution in [0.2, 0.25) is 0 Å². The van der Waals surface area contributed by atoms with Crippen LogP contribution in [-0.2, 0) is 7.05 Å². The molecule has 1 saturated carbocycles. The summed E-state index contributed by atoms with van der Waals surface area (Å²) in [5, 5.41) is 8.16. The molecule has 2 aliphatic rings. The highest BCUT2D eigenvalue weighted by atomic mass is 15.3. The Labute approximate surface area is 103 Å². The summed E-state index contributed by atoms with van der Waals surface area (Å²) >= 11 is 0. The van der Waals surface area contributed by atoms with Gasteiger partial charge in [0.15, 0.2) is 0 Å². The molecule has 17 heavy (non-hydrogen) atoms. The molecule has 3 rings (SSSR count). The second kappa shape index (κ2) is 4.41. The first kappa shape index (κ1) is 11.2. The standard InChI is InChI=1S/C13H22N4/c1-9-14-13(17(2)16-9)12-8-7-10-5-3-4-6-11(10)15-12/h10-12,15H,3-8H2,1-2H3. The van der Waals surface area contributed by atoms with Crippen LogP contribution in [0, 0.1) is 12.8 Å². The quantitative estimate of drug-likeness (QED) is 0.809. The van der Waals surface area contributed by atoms with E-state index in [1.807, 2.05) is 18.7 Å². The minimum absolute atomic E-state index is 0.417. The second-order valence-electron chi connectivity index (χ2n) is 5.59. The fraction of sp³-hybridized carbons (Fsp3) is 0.846. The molecule has 1 aliphatic carbocycles. The topological polar surface area (TPSA) is 42.7 Å². The number of piperidine rings is 1. The van der Waals surface area contributed by atoms with E-state index in [0.717, 1.165) is 23.6 Å². The number of aromatic nitrogens is 3. The lowest BCUT2D eigenvalue weighted by molar-refractivity contribution is 0.171. The van der Waals surface area contributed by atoms with Crippen molar-refractivity contribution in [2.24, 2.45) is 13.0 Å². The summed E-state index contributed by atoms with van der Waals surface area (Å²) in [5.41, 5.74) is 0. The Morgan fingerprint density at radius 2 is 2.00 bits per heavy atom. The summed E-state index contributed by atoms with van der Waals surface area (Å²) in [6, 6.07) is 1.14. The highest BCUT2D eigenvalue weighted by molar-refractivity contribution is 5.02. The Hall–Kier alpha value is -0.900. The van der Waals surface area contributed by atoms with Crippen LogP contribution in [0.3, 0.4) is 0 Å². The first-order chi connectivity index (χ1) is 8.24. The van der Waals surface area contributed by atoms with Gasteiger partial charge < -0.3 is 5.32 Å². The molecule has 94 valence electrons. The third kappa shape index (κ3) is 2.10. The molecule has 1 saturated heterocycles. The zero-order chi connectivity index (χ0) is 11.8. The fourth-order valence-corrected chi connectivity index (χ4v) is 3.53. The highest BCUT2D eigenvalue weighted by Crippen LogP contribution is 2.36. The molecule has 3 unspecified atom stereocenters. The van der Waals surface area contributed by atoms with Crippen molar-refractivity contribution < 1.29 is 0 Å². The number of fused-ring (bicyclic) bond motifs is 1. The third-order valence-electron chi connectivity index (χ3n) is 4.36. The van der Waals surface area contributed by atoms with Crippen LogP contribution in [0.4, 0.5) is 0 Å². The number of hydrogen-bond acceptors (Lipinski definition) is 3. The molecule has 0 radical (unpaired) electrons. The van der Waals surface area contributed by atoms with Gasteiger partial charge in [-0.25, -0.2) is 4.98 Å². The van der Waals surface area contributed by atoms with Gasteiger partial charge in [0, 0.05) is 13.1 Å². The Morgan fingerprint density at radius 3 is 2.76 bits per heavy atom. The number of hydrogen-bond donors (Lipinski definition) is 1. The molecular formula is C13H22N4. The molecule has 2 fully saturated rings. The minimum Gasteiger partial charge on any atom is -0.304 e. The zero-order valence-electron chi connectivity index (χ0n) is 10.8. The van der Waals surface area contributed by atoms with Gasteiger partial charge >= 0.3 is 0 Å². The summed E-state index contributed by atoms with van der Waals surface area (Å²) in [6.07, 6.45) is 8.15. The van der Waals surface area contributed by atoms with E-state index in [2.05, 4.69) is 15.4 Å². The van der Waals surface area contributed by atoms with Crippen molar-refractivity contribution in [1.82, 2.24) is 20.1 Å². The number of nitrogens with one attached hydrogen (secondary N) is 1. The predicted molar refractivity (Wildman–Crippen MR) is 66.6 cm³/mol. The van der Waals surface area contributed by atoms with Gasteiger partial charge in [0.1, 0.15) is 11.6 Å². The normalized spacial score (nSPS) is 33.4. The van der Waals surface area contributed by atoms with Crippen LogP contribution in [0.5, 0.6) is 0 Å². The van der Waals surface area contributed by atoms with E-state index < -0.39 is 0 Å². The van der Waals surface area contributed by atoms with E-state index in [0.29, 0.717) is 6.04 Å². The second-order valence-corrected chi connectivity index (χ2v) is 5.59. The van der Waals surface area contributed by atoms with Gasteiger partial charge in [-0.3, -0.25) is 4.68 Å². The summed E-state index contributed by atoms with van der Waals surface area (Å²) in [4.78, 5) is 4.56. The summed E-state index contributed by atoms with van der Waals surface area (Å²) < 4.78 is 1.94. The molecule has 1 aromatic heterocycles. The smallest absolute Gasteiger partial charge is 0.147 e. The van der Waals surface area contributed by atoms with Crippen LogP contribution < -0.4 is 5.32 Å². The Morgan fingerprint density at radius 1 is 1.18 bits per heavy atom. The maximum absolute atomic E-state index is 4.56. The maximum atomic E-state index is 4.56. The minimum atomic E-state index is 0.417. The van der Waals surface area contributed by atoms with Gasteiger partial charge in [-0.15, -0.1) is 0 Å². The lowest BCUT2D eigenvalue weighted by atomic mass is 9.77. The molecule has 4 nitrogen and oxygen atoms in total.